The number of rotatable bonds is 6. The lowest BCUT2D eigenvalue weighted by molar-refractivity contribution is -0.138. The third kappa shape index (κ3) is 7.13. The summed E-state index contributed by atoms with van der Waals surface area (Å²) in [5.74, 6) is -0.789. The van der Waals surface area contributed by atoms with E-state index in [9.17, 15) is 26.0 Å². The fourth-order valence-electron chi connectivity index (χ4n) is 1.78. The molecule has 0 aliphatic heterocycles. The SMILES string of the molecule is CN=C(NCCNS(C)(=O)=O)NCc1ccc(F)cc1C(F)(F)F. The van der Waals surface area contributed by atoms with E-state index < -0.39 is 27.6 Å². The van der Waals surface area contributed by atoms with Gasteiger partial charge in [-0.25, -0.2) is 17.5 Å². The first-order valence-corrected chi connectivity index (χ1v) is 8.67. The summed E-state index contributed by atoms with van der Waals surface area (Å²) in [6, 6.07) is 2.42. The molecule has 0 atom stereocenters. The van der Waals surface area contributed by atoms with Crippen LogP contribution in [-0.2, 0) is 22.7 Å². The van der Waals surface area contributed by atoms with Crippen molar-refractivity contribution < 1.29 is 26.0 Å². The van der Waals surface area contributed by atoms with Crippen LogP contribution in [0.4, 0.5) is 17.6 Å². The van der Waals surface area contributed by atoms with Gasteiger partial charge in [-0.1, -0.05) is 6.07 Å². The number of hydrogen-bond acceptors (Lipinski definition) is 3. The molecule has 0 aliphatic rings. The zero-order chi connectivity index (χ0) is 18.4. The van der Waals surface area contributed by atoms with Crippen molar-refractivity contribution in [2.75, 3.05) is 26.4 Å². The fourth-order valence-corrected chi connectivity index (χ4v) is 2.26. The second kappa shape index (κ2) is 8.29. The average molecular weight is 370 g/mol. The van der Waals surface area contributed by atoms with Gasteiger partial charge in [-0.2, -0.15) is 13.2 Å². The summed E-state index contributed by atoms with van der Waals surface area (Å²) in [6.07, 6.45) is -3.66. The van der Waals surface area contributed by atoms with Gasteiger partial charge in [0.2, 0.25) is 10.0 Å². The van der Waals surface area contributed by atoms with Crippen molar-refractivity contribution in [1.29, 1.82) is 0 Å². The van der Waals surface area contributed by atoms with Crippen molar-refractivity contribution in [3.05, 3.63) is 35.1 Å². The van der Waals surface area contributed by atoms with Crippen LogP contribution in [0.15, 0.2) is 23.2 Å². The topological polar surface area (TPSA) is 82.6 Å². The number of benzene rings is 1. The smallest absolute Gasteiger partial charge is 0.355 e. The quantitative estimate of drug-likeness (QED) is 0.303. The van der Waals surface area contributed by atoms with Gasteiger partial charge in [0.1, 0.15) is 5.82 Å². The van der Waals surface area contributed by atoms with Crippen molar-refractivity contribution in [3.8, 4) is 0 Å². The highest BCUT2D eigenvalue weighted by atomic mass is 32.2. The molecule has 0 heterocycles. The molecular weight excluding hydrogens is 352 g/mol. The van der Waals surface area contributed by atoms with E-state index in [1.54, 1.807) is 0 Å². The molecule has 0 fully saturated rings. The van der Waals surface area contributed by atoms with Crippen LogP contribution in [0.3, 0.4) is 0 Å². The molecule has 24 heavy (non-hydrogen) atoms. The van der Waals surface area contributed by atoms with E-state index in [0.717, 1.165) is 18.4 Å². The summed E-state index contributed by atoms with van der Waals surface area (Å²) in [5, 5.41) is 5.39. The van der Waals surface area contributed by atoms with Crippen molar-refractivity contribution in [3.63, 3.8) is 0 Å². The standard InChI is InChI=1S/C13H18F4N4O2S/c1-18-12(19-5-6-21-24(2,22)23)20-8-9-3-4-10(14)7-11(9)13(15,16)17/h3-4,7,21H,5-6,8H2,1-2H3,(H2,18,19,20). The van der Waals surface area contributed by atoms with E-state index in [1.807, 2.05) is 0 Å². The lowest BCUT2D eigenvalue weighted by Gasteiger charge is -2.16. The van der Waals surface area contributed by atoms with Crippen molar-refractivity contribution >= 4 is 16.0 Å². The highest BCUT2D eigenvalue weighted by Crippen LogP contribution is 2.32. The normalized spacial score (nSPS) is 13.0. The van der Waals surface area contributed by atoms with Crippen LogP contribution >= 0.6 is 0 Å². The van der Waals surface area contributed by atoms with Gasteiger partial charge in [0, 0.05) is 26.7 Å². The molecule has 136 valence electrons. The first-order chi connectivity index (χ1) is 11.0. The number of nitrogens with one attached hydrogen (secondary N) is 3. The van der Waals surface area contributed by atoms with Crippen LogP contribution in [0.1, 0.15) is 11.1 Å². The van der Waals surface area contributed by atoms with Gasteiger partial charge in [-0.3, -0.25) is 4.99 Å². The molecule has 6 nitrogen and oxygen atoms in total. The summed E-state index contributed by atoms with van der Waals surface area (Å²) in [5.41, 5.74) is -1.20. The van der Waals surface area contributed by atoms with Gasteiger partial charge >= 0.3 is 6.18 Å². The predicted molar refractivity (Wildman–Crippen MR) is 82.4 cm³/mol. The van der Waals surface area contributed by atoms with Crippen LogP contribution in [0.2, 0.25) is 0 Å². The number of sulfonamides is 1. The van der Waals surface area contributed by atoms with Gasteiger partial charge in [-0.05, 0) is 17.7 Å². The van der Waals surface area contributed by atoms with E-state index in [1.165, 1.54) is 7.05 Å². The highest BCUT2D eigenvalue weighted by molar-refractivity contribution is 7.88. The Balaban J connectivity index is 2.64. The average Bonchev–Trinajstić information content (AvgIpc) is 2.45. The van der Waals surface area contributed by atoms with Gasteiger partial charge in [0.25, 0.3) is 0 Å². The van der Waals surface area contributed by atoms with Crippen LogP contribution in [0.25, 0.3) is 0 Å². The Morgan fingerprint density at radius 1 is 1.21 bits per heavy atom. The Labute approximate surface area is 137 Å². The van der Waals surface area contributed by atoms with Gasteiger partial charge < -0.3 is 10.6 Å². The molecule has 0 bridgehead atoms. The van der Waals surface area contributed by atoms with Crippen molar-refractivity contribution in [2.24, 2.45) is 4.99 Å². The maximum atomic E-state index is 13.0. The molecule has 0 radical (unpaired) electrons. The first kappa shape index (κ1) is 20.2. The molecule has 0 aliphatic carbocycles. The third-order valence-electron chi connectivity index (χ3n) is 2.83. The molecule has 3 N–H and O–H groups in total. The summed E-state index contributed by atoms with van der Waals surface area (Å²) < 4.78 is 75.7. The third-order valence-corrected chi connectivity index (χ3v) is 3.56. The Bertz CT molecular complexity index is 690. The highest BCUT2D eigenvalue weighted by Gasteiger charge is 2.33. The number of halogens is 4. The van der Waals surface area contributed by atoms with Gasteiger partial charge in [0.05, 0.1) is 11.8 Å². The minimum Gasteiger partial charge on any atom is -0.355 e. The van der Waals surface area contributed by atoms with E-state index in [4.69, 9.17) is 0 Å². The number of hydrogen-bond donors (Lipinski definition) is 3. The van der Waals surface area contributed by atoms with Crippen molar-refractivity contribution in [1.82, 2.24) is 15.4 Å². The fraction of sp³-hybridized carbons (Fsp3) is 0.462. The Morgan fingerprint density at radius 3 is 2.42 bits per heavy atom. The Morgan fingerprint density at radius 2 is 1.88 bits per heavy atom. The Kier molecular flexibility index (Phi) is 6.96. The van der Waals surface area contributed by atoms with Crippen LogP contribution in [-0.4, -0.2) is 40.8 Å². The second-order valence-corrected chi connectivity index (χ2v) is 6.65. The minimum atomic E-state index is -4.67. The number of alkyl halides is 3. The molecule has 0 saturated heterocycles. The summed E-state index contributed by atoms with van der Waals surface area (Å²) in [7, 11) is -1.91. The van der Waals surface area contributed by atoms with E-state index in [2.05, 4.69) is 20.3 Å². The van der Waals surface area contributed by atoms with Crippen LogP contribution in [0.5, 0.6) is 0 Å². The summed E-state index contributed by atoms with van der Waals surface area (Å²) in [6.45, 7) is 0.0421. The Hall–Kier alpha value is -1.88. The molecule has 1 aromatic rings. The molecule has 1 rings (SSSR count). The maximum Gasteiger partial charge on any atom is 0.416 e. The molecule has 1 aromatic carbocycles. The van der Waals surface area contributed by atoms with E-state index in [-0.39, 0.29) is 31.2 Å². The lowest BCUT2D eigenvalue weighted by atomic mass is 10.1. The molecule has 0 spiro atoms. The predicted octanol–water partition coefficient (Wildman–Crippen LogP) is 1.06. The summed E-state index contributed by atoms with van der Waals surface area (Å²) in [4.78, 5) is 3.81. The largest absolute Gasteiger partial charge is 0.416 e. The number of nitrogens with zero attached hydrogens (tertiary/aromatic N) is 1. The number of guanidine groups is 1. The second-order valence-electron chi connectivity index (χ2n) is 4.82. The molecule has 11 heteroatoms. The van der Waals surface area contributed by atoms with Crippen molar-refractivity contribution in [2.45, 2.75) is 12.7 Å². The number of aliphatic imine (C=N–C) groups is 1. The van der Waals surface area contributed by atoms with E-state index >= 15 is 0 Å². The molecule has 0 amide bonds. The monoisotopic (exact) mass is 370 g/mol. The van der Waals surface area contributed by atoms with Crippen LogP contribution < -0.4 is 15.4 Å². The van der Waals surface area contributed by atoms with Crippen LogP contribution in [0, 0.1) is 5.82 Å². The van der Waals surface area contributed by atoms with Gasteiger partial charge in [-0.15, -0.1) is 0 Å². The maximum absolute atomic E-state index is 13.0. The molecular formula is C13H18F4N4O2S. The molecule has 0 unspecified atom stereocenters. The zero-order valence-corrected chi connectivity index (χ0v) is 13.9. The minimum absolute atomic E-state index is 0.0872. The summed E-state index contributed by atoms with van der Waals surface area (Å²) >= 11 is 0. The van der Waals surface area contributed by atoms with Gasteiger partial charge in [0.15, 0.2) is 5.96 Å². The lowest BCUT2D eigenvalue weighted by Crippen LogP contribution is -2.41. The first-order valence-electron chi connectivity index (χ1n) is 6.77. The molecule has 0 saturated carbocycles. The zero-order valence-electron chi connectivity index (χ0n) is 13.0. The molecule has 0 aromatic heterocycles. The van der Waals surface area contributed by atoms with E-state index in [0.29, 0.717) is 6.07 Å².